The number of hydrogen-bond acceptors (Lipinski definition) is 6. The number of carbonyl (C=O) groups is 4. The molecule has 0 radical (unpaired) electrons. The van der Waals surface area contributed by atoms with Gasteiger partial charge in [0.1, 0.15) is 11.5 Å². The van der Waals surface area contributed by atoms with Crippen LogP contribution in [0.25, 0.3) is 11.0 Å². The number of hydrogen-bond donors (Lipinski definition) is 0. The van der Waals surface area contributed by atoms with Gasteiger partial charge in [0.2, 0.25) is 0 Å². The minimum Gasteiger partial charge on any atom is -0.299 e. The summed E-state index contributed by atoms with van der Waals surface area (Å²) in [6.07, 6.45) is 5.65. The van der Waals surface area contributed by atoms with Gasteiger partial charge >= 0.3 is 0 Å². The van der Waals surface area contributed by atoms with Crippen LogP contribution in [0.3, 0.4) is 0 Å². The van der Waals surface area contributed by atoms with Crippen LogP contribution < -0.4 is 0 Å². The molecule has 0 saturated heterocycles. The normalized spacial score (nSPS) is 19.6. The Hall–Kier alpha value is -2.76. The first-order chi connectivity index (χ1) is 13.0. The van der Waals surface area contributed by atoms with Gasteiger partial charge in [-0.15, -0.1) is 0 Å². The van der Waals surface area contributed by atoms with Gasteiger partial charge in [0.25, 0.3) is 0 Å². The largest absolute Gasteiger partial charge is 0.299 e. The summed E-state index contributed by atoms with van der Waals surface area (Å²) in [4.78, 5) is 54.7. The van der Waals surface area contributed by atoms with E-state index < -0.39 is 0 Å². The number of benzene rings is 1. The molecule has 1 aliphatic rings. The third-order valence-electron chi connectivity index (χ3n) is 5.21. The lowest BCUT2D eigenvalue weighted by Crippen LogP contribution is -2.25. The summed E-state index contributed by atoms with van der Waals surface area (Å²) >= 11 is 0. The maximum atomic E-state index is 12.7. The van der Waals surface area contributed by atoms with Gasteiger partial charge in [0.05, 0.1) is 17.2 Å². The Bertz CT molecular complexity index is 906. The SMILES string of the molecule is CC(=O)c1cnc2ccc(CC(=O)C3CCCC(CC(=O)C=O)C3)cc2n1. The van der Waals surface area contributed by atoms with Gasteiger partial charge in [-0.1, -0.05) is 12.5 Å². The number of nitrogens with zero attached hydrogens (tertiary/aromatic N) is 2. The maximum absolute atomic E-state index is 12.7. The Balaban J connectivity index is 1.70. The molecule has 2 atom stereocenters. The third-order valence-corrected chi connectivity index (χ3v) is 5.21. The summed E-state index contributed by atoms with van der Waals surface area (Å²) in [7, 11) is 0. The van der Waals surface area contributed by atoms with Gasteiger partial charge in [-0.25, -0.2) is 4.98 Å². The lowest BCUT2D eigenvalue weighted by molar-refractivity contribution is -0.131. The Kier molecular flexibility index (Phi) is 5.84. The van der Waals surface area contributed by atoms with Crippen LogP contribution in [0.5, 0.6) is 0 Å². The highest BCUT2D eigenvalue weighted by atomic mass is 16.2. The highest BCUT2D eigenvalue weighted by Gasteiger charge is 2.28. The van der Waals surface area contributed by atoms with Crippen molar-refractivity contribution in [1.82, 2.24) is 9.97 Å². The standard InChI is InChI=1S/C21H22N2O4/c1-13(25)20-11-22-18-6-5-15(9-19(18)23-20)10-21(27)16-4-2-3-14(7-16)8-17(26)12-24/h5-6,9,11-12,14,16H,2-4,7-8,10H2,1H3. The molecule has 0 bridgehead atoms. The molecule has 2 unspecified atom stereocenters. The molecule has 1 aliphatic carbocycles. The lowest BCUT2D eigenvalue weighted by atomic mass is 9.76. The quantitative estimate of drug-likeness (QED) is 0.425. The summed E-state index contributed by atoms with van der Waals surface area (Å²) in [5.41, 5.74) is 2.43. The molecule has 1 aromatic carbocycles. The van der Waals surface area contributed by atoms with Gasteiger partial charge in [-0.3, -0.25) is 24.2 Å². The van der Waals surface area contributed by atoms with Crippen LogP contribution in [-0.2, 0) is 20.8 Å². The van der Waals surface area contributed by atoms with Crippen LogP contribution in [-0.4, -0.2) is 33.6 Å². The Morgan fingerprint density at radius 3 is 2.74 bits per heavy atom. The number of ketones is 3. The van der Waals surface area contributed by atoms with E-state index >= 15 is 0 Å². The summed E-state index contributed by atoms with van der Waals surface area (Å²) in [5, 5.41) is 0. The predicted octanol–water partition coefficient (Wildman–Crippen LogP) is 2.91. The lowest BCUT2D eigenvalue weighted by Gasteiger charge is -2.27. The van der Waals surface area contributed by atoms with Crippen LogP contribution in [0, 0.1) is 11.8 Å². The molecule has 27 heavy (non-hydrogen) atoms. The van der Waals surface area contributed by atoms with E-state index in [0.29, 0.717) is 35.9 Å². The minimum absolute atomic E-state index is 0.0754. The van der Waals surface area contributed by atoms with Crippen molar-refractivity contribution in [3.8, 4) is 0 Å². The monoisotopic (exact) mass is 366 g/mol. The van der Waals surface area contributed by atoms with Gasteiger partial charge in [-0.2, -0.15) is 0 Å². The second kappa shape index (κ2) is 8.29. The summed E-state index contributed by atoms with van der Waals surface area (Å²) < 4.78 is 0. The summed E-state index contributed by atoms with van der Waals surface area (Å²) in [6, 6.07) is 5.47. The molecule has 2 aromatic rings. The van der Waals surface area contributed by atoms with Gasteiger partial charge in [0, 0.05) is 25.7 Å². The highest BCUT2D eigenvalue weighted by Crippen LogP contribution is 2.32. The van der Waals surface area contributed by atoms with Crippen molar-refractivity contribution in [1.29, 1.82) is 0 Å². The van der Waals surface area contributed by atoms with E-state index in [1.54, 1.807) is 6.07 Å². The molecule has 1 saturated carbocycles. The first kappa shape index (κ1) is 19.0. The van der Waals surface area contributed by atoms with E-state index in [0.717, 1.165) is 24.8 Å². The number of aldehydes is 1. The fourth-order valence-electron chi connectivity index (χ4n) is 3.78. The van der Waals surface area contributed by atoms with E-state index in [2.05, 4.69) is 9.97 Å². The van der Waals surface area contributed by atoms with Crippen molar-refractivity contribution >= 4 is 34.7 Å². The molecule has 1 fully saturated rings. The van der Waals surface area contributed by atoms with Crippen LogP contribution in [0.1, 0.15) is 55.1 Å². The van der Waals surface area contributed by atoms with Crippen LogP contribution >= 0.6 is 0 Å². The molecule has 1 heterocycles. The molecule has 0 spiro atoms. The maximum Gasteiger partial charge on any atom is 0.195 e. The average Bonchev–Trinajstić information content (AvgIpc) is 2.67. The van der Waals surface area contributed by atoms with Gasteiger partial charge < -0.3 is 0 Å². The van der Waals surface area contributed by atoms with Crippen LogP contribution in [0.2, 0.25) is 0 Å². The second-order valence-corrected chi connectivity index (χ2v) is 7.30. The third kappa shape index (κ3) is 4.70. The first-order valence-electron chi connectivity index (χ1n) is 9.23. The second-order valence-electron chi connectivity index (χ2n) is 7.30. The summed E-state index contributed by atoms with van der Waals surface area (Å²) in [6.45, 7) is 1.44. The fraction of sp³-hybridized carbons (Fsp3) is 0.429. The molecule has 6 nitrogen and oxygen atoms in total. The van der Waals surface area contributed by atoms with Crippen LogP contribution in [0.4, 0.5) is 0 Å². The first-order valence-corrected chi connectivity index (χ1v) is 9.23. The minimum atomic E-state index is -0.387. The molecule has 3 rings (SSSR count). The number of rotatable bonds is 7. The van der Waals surface area contributed by atoms with Crippen molar-refractivity contribution in [3.05, 3.63) is 35.7 Å². The highest BCUT2D eigenvalue weighted by molar-refractivity contribution is 6.24. The molecular formula is C21H22N2O4. The predicted molar refractivity (Wildman–Crippen MR) is 99.4 cm³/mol. The van der Waals surface area contributed by atoms with Crippen molar-refractivity contribution in [2.75, 3.05) is 0 Å². The van der Waals surface area contributed by atoms with Crippen molar-refractivity contribution in [2.24, 2.45) is 11.8 Å². The molecule has 1 aromatic heterocycles. The number of aromatic nitrogens is 2. The zero-order valence-electron chi connectivity index (χ0n) is 15.3. The van der Waals surface area contributed by atoms with E-state index in [1.165, 1.54) is 13.1 Å². The van der Waals surface area contributed by atoms with Crippen LogP contribution in [0.15, 0.2) is 24.4 Å². The topological polar surface area (TPSA) is 94.1 Å². The van der Waals surface area contributed by atoms with Gasteiger partial charge in [-0.05, 0) is 42.9 Å². The van der Waals surface area contributed by atoms with E-state index in [1.807, 2.05) is 12.1 Å². The van der Waals surface area contributed by atoms with Crippen molar-refractivity contribution in [2.45, 2.75) is 45.4 Å². The number of Topliss-reactive ketones (excluding diaryl/α,β-unsaturated/α-hetero) is 3. The zero-order valence-corrected chi connectivity index (χ0v) is 15.3. The molecule has 6 heteroatoms. The van der Waals surface area contributed by atoms with Crippen molar-refractivity contribution < 1.29 is 19.2 Å². The molecule has 0 amide bonds. The van der Waals surface area contributed by atoms with Crippen molar-refractivity contribution in [3.63, 3.8) is 0 Å². The molecule has 0 aliphatic heterocycles. The zero-order chi connectivity index (χ0) is 19.4. The Labute approximate surface area is 157 Å². The van der Waals surface area contributed by atoms with Gasteiger partial charge in [0.15, 0.2) is 17.9 Å². The smallest absolute Gasteiger partial charge is 0.195 e. The Morgan fingerprint density at radius 2 is 2.00 bits per heavy atom. The number of fused-ring (bicyclic) bond motifs is 1. The molecule has 140 valence electrons. The van der Waals surface area contributed by atoms with E-state index in [4.69, 9.17) is 0 Å². The van der Waals surface area contributed by atoms with E-state index in [-0.39, 0.29) is 35.6 Å². The fourth-order valence-corrected chi connectivity index (χ4v) is 3.78. The Morgan fingerprint density at radius 1 is 1.19 bits per heavy atom. The summed E-state index contributed by atoms with van der Waals surface area (Å²) in [5.74, 6) is -0.348. The number of carbonyl (C=O) groups excluding carboxylic acids is 4. The molecule has 0 N–H and O–H groups in total. The van der Waals surface area contributed by atoms with E-state index in [9.17, 15) is 19.2 Å². The average molecular weight is 366 g/mol. The molecular weight excluding hydrogens is 344 g/mol.